The predicted molar refractivity (Wildman–Crippen MR) is 49.6 cm³/mol. The van der Waals surface area contributed by atoms with Crippen LogP contribution >= 0.6 is 0 Å². The fourth-order valence-corrected chi connectivity index (χ4v) is 0.662. The molecule has 4 heteroatoms. The first-order valence-electron chi connectivity index (χ1n) is 4.49. The topological polar surface area (TPSA) is 49.8 Å². The highest BCUT2D eigenvalue weighted by Gasteiger charge is 2.23. The van der Waals surface area contributed by atoms with Gasteiger partial charge < -0.3 is 4.74 Å². The SMILES string of the molecule is CCC(C)N(O)C(=O)OC(C)(C)C. The number of hydroxylamine groups is 2. The van der Waals surface area contributed by atoms with Gasteiger partial charge in [0.1, 0.15) is 5.60 Å². The third-order valence-corrected chi connectivity index (χ3v) is 1.59. The van der Waals surface area contributed by atoms with Gasteiger partial charge in [0.2, 0.25) is 0 Å². The largest absolute Gasteiger partial charge is 0.442 e. The molecule has 0 aliphatic carbocycles. The van der Waals surface area contributed by atoms with Gasteiger partial charge >= 0.3 is 6.09 Å². The Morgan fingerprint density at radius 3 is 2.31 bits per heavy atom. The van der Waals surface area contributed by atoms with E-state index in [4.69, 9.17) is 4.74 Å². The Balaban J connectivity index is 4.12. The van der Waals surface area contributed by atoms with E-state index in [9.17, 15) is 10.0 Å². The lowest BCUT2D eigenvalue weighted by atomic mass is 10.2. The van der Waals surface area contributed by atoms with Crippen LogP contribution in [-0.2, 0) is 4.74 Å². The number of ether oxygens (including phenoxy) is 1. The van der Waals surface area contributed by atoms with E-state index < -0.39 is 11.7 Å². The second kappa shape index (κ2) is 4.46. The fourth-order valence-electron chi connectivity index (χ4n) is 0.662. The average molecular weight is 189 g/mol. The zero-order valence-electron chi connectivity index (χ0n) is 9.00. The maximum absolute atomic E-state index is 11.2. The second-order valence-electron chi connectivity index (χ2n) is 4.08. The average Bonchev–Trinajstić information content (AvgIpc) is 1.98. The standard InChI is InChI=1S/C9H19NO3/c1-6-7(2)10(12)8(11)13-9(3,4)5/h7,12H,6H2,1-5H3. The smallest absolute Gasteiger partial charge is 0.434 e. The second-order valence-corrected chi connectivity index (χ2v) is 4.08. The van der Waals surface area contributed by atoms with Gasteiger partial charge in [-0.05, 0) is 34.1 Å². The Bertz CT molecular complexity index is 174. The maximum Gasteiger partial charge on any atom is 0.434 e. The maximum atomic E-state index is 11.2. The molecule has 1 N–H and O–H groups in total. The molecule has 0 radical (unpaired) electrons. The molecule has 4 nitrogen and oxygen atoms in total. The van der Waals surface area contributed by atoms with Crippen LogP contribution < -0.4 is 0 Å². The molecular formula is C9H19NO3. The van der Waals surface area contributed by atoms with Crippen molar-refractivity contribution in [2.75, 3.05) is 0 Å². The summed E-state index contributed by atoms with van der Waals surface area (Å²) < 4.78 is 4.96. The Kier molecular flexibility index (Phi) is 4.20. The molecule has 0 aliphatic rings. The van der Waals surface area contributed by atoms with Gasteiger partial charge in [0, 0.05) is 0 Å². The zero-order valence-corrected chi connectivity index (χ0v) is 9.00. The van der Waals surface area contributed by atoms with E-state index in [0.717, 1.165) is 0 Å². The molecule has 0 saturated heterocycles. The number of hydrogen-bond donors (Lipinski definition) is 1. The molecule has 0 aromatic carbocycles. The molecule has 0 rings (SSSR count). The van der Waals surface area contributed by atoms with Crippen LogP contribution in [-0.4, -0.2) is 28.0 Å². The molecule has 0 heterocycles. The van der Waals surface area contributed by atoms with Gasteiger partial charge in [-0.3, -0.25) is 5.21 Å². The van der Waals surface area contributed by atoms with E-state index >= 15 is 0 Å². The molecule has 78 valence electrons. The van der Waals surface area contributed by atoms with E-state index in [1.807, 2.05) is 6.92 Å². The van der Waals surface area contributed by atoms with Gasteiger partial charge in [0.15, 0.2) is 0 Å². The lowest BCUT2D eigenvalue weighted by molar-refractivity contribution is -0.116. The summed E-state index contributed by atoms with van der Waals surface area (Å²) in [5.74, 6) is 0. The van der Waals surface area contributed by atoms with E-state index in [1.54, 1.807) is 27.7 Å². The van der Waals surface area contributed by atoms with Crippen LogP contribution in [0.15, 0.2) is 0 Å². The van der Waals surface area contributed by atoms with E-state index in [1.165, 1.54) is 0 Å². The van der Waals surface area contributed by atoms with Crippen LogP contribution in [0.3, 0.4) is 0 Å². The number of nitrogens with zero attached hydrogens (tertiary/aromatic N) is 1. The first kappa shape index (κ1) is 12.2. The van der Waals surface area contributed by atoms with Crippen molar-refractivity contribution in [3.05, 3.63) is 0 Å². The van der Waals surface area contributed by atoms with Crippen molar-refractivity contribution in [1.82, 2.24) is 5.06 Å². The van der Waals surface area contributed by atoms with Crippen LogP contribution in [0.1, 0.15) is 41.0 Å². The molecular weight excluding hydrogens is 170 g/mol. The minimum absolute atomic E-state index is 0.213. The highest BCUT2D eigenvalue weighted by atomic mass is 16.6. The molecule has 0 spiro atoms. The number of carbonyl (C=O) groups excluding carboxylic acids is 1. The molecule has 1 unspecified atom stereocenters. The fraction of sp³-hybridized carbons (Fsp3) is 0.889. The van der Waals surface area contributed by atoms with Gasteiger partial charge in [-0.15, -0.1) is 0 Å². The van der Waals surface area contributed by atoms with Gasteiger partial charge in [0.25, 0.3) is 0 Å². The normalized spacial score (nSPS) is 13.7. The van der Waals surface area contributed by atoms with Gasteiger partial charge in [0.05, 0.1) is 6.04 Å². The third kappa shape index (κ3) is 4.72. The van der Waals surface area contributed by atoms with Gasteiger partial charge in [-0.2, -0.15) is 5.06 Å². The first-order chi connectivity index (χ1) is 5.78. The van der Waals surface area contributed by atoms with Crippen molar-refractivity contribution in [2.45, 2.75) is 52.7 Å². The Morgan fingerprint density at radius 1 is 1.54 bits per heavy atom. The summed E-state index contributed by atoms with van der Waals surface area (Å²) in [6.45, 7) is 8.92. The molecule has 0 saturated carbocycles. The van der Waals surface area contributed by atoms with Crippen molar-refractivity contribution < 1.29 is 14.7 Å². The summed E-state index contributed by atoms with van der Waals surface area (Å²) in [6, 6.07) is -0.213. The van der Waals surface area contributed by atoms with Crippen molar-refractivity contribution in [3.8, 4) is 0 Å². The Labute approximate surface area is 79.4 Å². The molecule has 0 aromatic heterocycles. The molecule has 0 aliphatic heterocycles. The van der Waals surface area contributed by atoms with E-state index in [2.05, 4.69) is 0 Å². The summed E-state index contributed by atoms with van der Waals surface area (Å²) in [6.07, 6.45) is -0.00251. The van der Waals surface area contributed by atoms with Crippen LogP contribution in [0.25, 0.3) is 0 Å². The molecule has 0 bridgehead atoms. The lowest BCUT2D eigenvalue weighted by Gasteiger charge is -2.26. The van der Waals surface area contributed by atoms with Crippen molar-refractivity contribution in [3.63, 3.8) is 0 Å². The monoisotopic (exact) mass is 189 g/mol. The minimum Gasteiger partial charge on any atom is -0.442 e. The van der Waals surface area contributed by atoms with Crippen molar-refractivity contribution in [2.24, 2.45) is 0 Å². The molecule has 0 aromatic rings. The van der Waals surface area contributed by atoms with Crippen LogP contribution in [0.2, 0.25) is 0 Å². The molecule has 1 amide bonds. The van der Waals surface area contributed by atoms with Gasteiger partial charge in [-0.25, -0.2) is 4.79 Å². The summed E-state index contributed by atoms with van der Waals surface area (Å²) in [5, 5.41) is 9.94. The lowest BCUT2D eigenvalue weighted by Crippen LogP contribution is -2.39. The summed E-state index contributed by atoms with van der Waals surface area (Å²) in [7, 11) is 0. The Hall–Kier alpha value is -0.770. The van der Waals surface area contributed by atoms with Crippen molar-refractivity contribution in [1.29, 1.82) is 0 Å². The summed E-state index contributed by atoms with van der Waals surface area (Å²) >= 11 is 0. The van der Waals surface area contributed by atoms with E-state index in [0.29, 0.717) is 11.5 Å². The predicted octanol–water partition coefficient (Wildman–Crippen LogP) is 2.41. The number of hydrogen-bond acceptors (Lipinski definition) is 3. The molecule has 1 atom stereocenters. The highest BCUT2D eigenvalue weighted by molar-refractivity contribution is 5.66. The Morgan fingerprint density at radius 2 is 2.00 bits per heavy atom. The summed E-state index contributed by atoms with van der Waals surface area (Å²) in [4.78, 5) is 11.2. The summed E-state index contributed by atoms with van der Waals surface area (Å²) in [5.41, 5.74) is -0.564. The minimum atomic E-state index is -0.693. The highest BCUT2D eigenvalue weighted by Crippen LogP contribution is 2.11. The third-order valence-electron chi connectivity index (χ3n) is 1.59. The number of amides is 1. The number of rotatable bonds is 2. The van der Waals surface area contributed by atoms with Crippen LogP contribution in [0.5, 0.6) is 0 Å². The molecule has 0 fully saturated rings. The first-order valence-corrected chi connectivity index (χ1v) is 4.49. The number of carbonyl (C=O) groups is 1. The van der Waals surface area contributed by atoms with Crippen molar-refractivity contribution >= 4 is 6.09 Å². The van der Waals surface area contributed by atoms with Gasteiger partial charge in [-0.1, -0.05) is 6.92 Å². The quantitative estimate of drug-likeness (QED) is 0.536. The molecule has 13 heavy (non-hydrogen) atoms. The van der Waals surface area contributed by atoms with Crippen LogP contribution in [0.4, 0.5) is 4.79 Å². The van der Waals surface area contributed by atoms with Crippen LogP contribution in [0, 0.1) is 0 Å². The van der Waals surface area contributed by atoms with E-state index in [-0.39, 0.29) is 6.04 Å². The zero-order chi connectivity index (χ0) is 10.6.